The zero-order valence-electron chi connectivity index (χ0n) is 20.5. The minimum atomic E-state index is -3.64. The molecule has 2 rings (SSSR count). The maximum Gasteiger partial charge on any atom is 0.242 e. The first kappa shape index (κ1) is 28.6. The van der Waals surface area contributed by atoms with Crippen LogP contribution in [0.15, 0.2) is 48.5 Å². The molecule has 0 radical (unpaired) electrons. The predicted octanol–water partition coefficient (Wildman–Crippen LogP) is 4.36. The van der Waals surface area contributed by atoms with Crippen molar-refractivity contribution in [1.82, 2.24) is 10.2 Å². The van der Waals surface area contributed by atoms with Crippen LogP contribution < -0.4 is 9.62 Å². The summed E-state index contributed by atoms with van der Waals surface area (Å²) in [6.07, 6.45) is 2.03. The highest BCUT2D eigenvalue weighted by molar-refractivity contribution is 7.92. The second-order valence-corrected chi connectivity index (χ2v) is 10.8. The van der Waals surface area contributed by atoms with Crippen molar-refractivity contribution >= 4 is 39.1 Å². The molecule has 0 spiro atoms. The van der Waals surface area contributed by atoms with Gasteiger partial charge in [0, 0.05) is 30.6 Å². The molecule has 0 saturated carbocycles. The molecule has 0 unspecified atom stereocenters. The third kappa shape index (κ3) is 8.50. The molecule has 10 heteroatoms. The summed E-state index contributed by atoms with van der Waals surface area (Å²) in [6, 6.07) is 11.4. The largest absolute Gasteiger partial charge is 0.352 e. The van der Waals surface area contributed by atoms with E-state index in [1.54, 1.807) is 31.2 Å². The first-order chi connectivity index (χ1) is 16.4. The maximum atomic E-state index is 13.3. The lowest BCUT2D eigenvalue weighted by Crippen LogP contribution is -2.49. The van der Waals surface area contributed by atoms with Crippen LogP contribution in [0.3, 0.4) is 0 Å². The Kier molecular flexibility index (Phi) is 10.5. The van der Waals surface area contributed by atoms with E-state index in [2.05, 4.69) is 5.32 Å². The number of carbonyl (C=O) groups excluding carboxylic acids is 2. The SMILES string of the molecule is CC[C@@H](C)NC(=O)[C@H](C)N(Cc1ccccc1Cl)C(=O)CCCN(c1ccc(F)cc1)S(C)(=O)=O. The van der Waals surface area contributed by atoms with Crippen LogP contribution in [0, 0.1) is 5.82 Å². The summed E-state index contributed by atoms with van der Waals surface area (Å²) in [6.45, 7) is 5.68. The van der Waals surface area contributed by atoms with E-state index in [9.17, 15) is 22.4 Å². The molecule has 2 amide bonds. The molecule has 0 aliphatic carbocycles. The molecule has 0 heterocycles. The van der Waals surface area contributed by atoms with E-state index in [1.165, 1.54) is 29.2 Å². The predicted molar refractivity (Wildman–Crippen MR) is 137 cm³/mol. The van der Waals surface area contributed by atoms with Crippen LogP contribution in [0.25, 0.3) is 0 Å². The Morgan fingerprint density at radius 1 is 1.09 bits per heavy atom. The van der Waals surface area contributed by atoms with Crippen molar-refractivity contribution in [2.45, 2.75) is 58.7 Å². The minimum Gasteiger partial charge on any atom is -0.352 e. The smallest absolute Gasteiger partial charge is 0.242 e. The van der Waals surface area contributed by atoms with E-state index >= 15 is 0 Å². The molecule has 0 aliphatic heterocycles. The fraction of sp³-hybridized carbons (Fsp3) is 0.440. The molecule has 2 aromatic rings. The Hall–Kier alpha value is -2.65. The highest BCUT2D eigenvalue weighted by Gasteiger charge is 2.27. The molecule has 0 aromatic heterocycles. The second-order valence-electron chi connectivity index (χ2n) is 8.52. The van der Waals surface area contributed by atoms with Crippen LogP contribution in [0.1, 0.15) is 45.6 Å². The zero-order valence-corrected chi connectivity index (χ0v) is 22.1. The number of hydrogen-bond donors (Lipinski definition) is 1. The van der Waals surface area contributed by atoms with Crippen molar-refractivity contribution in [1.29, 1.82) is 0 Å². The van der Waals surface area contributed by atoms with Gasteiger partial charge in [0.2, 0.25) is 21.8 Å². The molecule has 35 heavy (non-hydrogen) atoms. The van der Waals surface area contributed by atoms with E-state index < -0.39 is 21.9 Å². The first-order valence-electron chi connectivity index (χ1n) is 11.5. The molecule has 1 N–H and O–H groups in total. The Labute approximate surface area is 212 Å². The van der Waals surface area contributed by atoms with Crippen molar-refractivity contribution in [3.63, 3.8) is 0 Å². The average molecular weight is 526 g/mol. The standard InChI is InChI=1S/C25H33ClFN3O4S/c1-5-18(2)28-25(32)19(3)29(17-20-9-6-7-10-23(20)26)24(31)11-8-16-30(35(4,33)34)22-14-12-21(27)13-15-22/h6-7,9-10,12-15,18-19H,5,8,11,16-17H2,1-4H3,(H,28,32)/t18-,19+/m1/s1. The Morgan fingerprint density at radius 3 is 2.29 bits per heavy atom. The van der Waals surface area contributed by atoms with E-state index in [-0.39, 0.29) is 43.8 Å². The number of nitrogens with zero attached hydrogens (tertiary/aromatic N) is 2. The number of benzene rings is 2. The van der Waals surface area contributed by atoms with Gasteiger partial charge >= 0.3 is 0 Å². The average Bonchev–Trinajstić information content (AvgIpc) is 2.80. The van der Waals surface area contributed by atoms with Gasteiger partial charge in [0.05, 0.1) is 11.9 Å². The third-order valence-corrected chi connectivity index (χ3v) is 7.30. The molecular weight excluding hydrogens is 493 g/mol. The van der Waals surface area contributed by atoms with Gasteiger partial charge in [-0.3, -0.25) is 13.9 Å². The van der Waals surface area contributed by atoms with Crippen LogP contribution in [-0.4, -0.2) is 50.0 Å². The summed E-state index contributed by atoms with van der Waals surface area (Å²) in [5.74, 6) is -1.05. The molecular formula is C25H33ClFN3O4S. The van der Waals surface area contributed by atoms with Gasteiger partial charge in [-0.1, -0.05) is 36.7 Å². The van der Waals surface area contributed by atoms with Crippen LogP contribution in [0.4, 0.5) is 10.1 Å². The molecule has 0 aliphatic rings. The van der Waals surface area contributed by atoms with E-state index in [0.717, 1.165) is 17.0 Å². The number of anilines is 1. The molecule has 0 saturated heterocycles. The van der Waals surface area contributed by atoms with Crippen LogP contribution in [0.2, 0.25) is 5.02 Å². The van der Waals surface area contributed by atoms with Crippen molar-refractivity contribution in [3.8, 4) is 0 Å². The Morgan fingerprint density at radius 2 is 1.71 bits per heavy atom. The third-order valence-electron chi connectivity index (χ3n) is 5.73. The number of rotatable bonds is 12. The number of nitrogens with one attached hydrogen (secondary N) is 1. The molecule has 0 fully saturated rings. The van der Waals surface area contributed by atoms with Crippen molar-refractivity contribution in [2.75, 3.05) is 17.1 Å². The van der Waals surface area contributed by atoms with Gasteiger partial charge in [-0.25, -0.2) is 12.8 Å². The monoisotopic (exact) mass is 525 g/mol. The van der Waals surface area contributed by atoms with Crippen LogP contribution in [0.5, 0.6) is 0 Å². The molecule has 192 valence electrons. The van der Waals surface area contributed by atoms with Gasteiger partial charge in [-0.05, 0) is 62.6 Å². The highest BCUT2D eigenvalue weighted by atomic mass is 35.5. The Bertz CT molecular complexity index is 1110. The zero-order chi connectivity index (χ0) is 26.2. The maximum absolute atomic E-state index is 13.3. The number of hydrogen-bond acceptors (Lipinski definition) is 4. The topological polar surface area (TPSA) is 86.8 Å². The van der Waals surface area contributed by atoms with E-state index in [4.69, 9.17) is 11.6 Å². The number of carbonyl (C=O) groups is 2. The van der Waals surface area contributed by atoms with Crippen LogP contribution >= 0.6 is 11.6 Å². The lowest BCUT2D eigenvalue weighted by Gasteiger charge is -2.30. The first-order valence-corrected chi connectivity index (χ1v) is 13.7. The summed E-state index contributed by atoms with van der Waals surface area (Å²) < 4.78 is 39.0. The van der Waals surface area contributed by atoms with Crippen molar-refractivity contribution < 1.29 is 22.4 Å². The van der Waals surface area contributed by atoms with Gasteiger partial charge < -0.3 is 10.2 Å². The highest BCUT2D eigenvalue weighted by Crippen LogP contribution is 2.21. The quantitative estimate of drug-likeness (QED) is 0.446. The summed E-state index contributed by atoms with van der Waals surface area (Å²) in [5, 5.41) is 3.39. The molecule has 2 atom stereocenters. The molecule has 2 aromatic carbocycles. The van der Waals surface area contributed by atoms with Gasteiger partial charge in [0.15, 0.2) is 0 Å². The number of amides is 2. The van der Waals surface area contributed by atoms with Gasteiger partial charge in [0.25, 0.3) is 0 Å². The number of sulfonamides is 1. The molecule has 0 bridgehead atoms. The van der Waals surface area contributed by atoms with Crippen molar-refractivity contribution in [3.05, 3.63) is 64.9 Å². The van der Waals surface area contributed by atoms with Gasteiger partial charge in [-0.2, -0.15) is 0 Å². The molecule has 7 nitrogen and oxygen atoms in total. The van der Waals surface area contributed by atoms with Gasteiger partial charge in [-0.15, -0.1) is 0 Å². The lowest BCUT2D eigenvalue weighted by molar-refractivity contribution is -0.140. The van der Waals surface area contributed by atoms with Crippen molar-refractivity contribution in [2.24, 2.45) is 0 Å². The summed E-state index contributed by atoms with van der Waals surface area (Å²) >= 11 is 6.30. The summed E-state index contributed by atoms with van der Waals surface area (Å²) in [4.78, 5) is 27.5. The van der Waals surface area contributed by atoms with Crippen LogP contribution in [-0.2, 0) is 26.2 Å². The second kappa shape index (κ2) is 12.9. The lowest BCUT2D eigenvalue weighted by atomic mass is 10.1. The fourth-order valence-corrected chi connectivity index (χ4v) is 4.63. The minimum absolute atomic E-state index is 0.0125. The summed E-state index contributed by atoms with van der Waals surface area (Å²) in [7, 11) is -3.64. The normalized spacial score (nSPS) is 13.1. The van der Waals surface area contributed by atoms with E-state index in [1.807, 2.05) is 13.8 Å². The van der Waals surface area contributed by atoms with E-state index in [0.29, 0.717) is 16.3 Å². The van der Waals surface area contributed by atoms with Gasteiger partial charge in [0.1, 0.15) is 11.9 Å². The Balaban J connectivity index is 2.18. The number of halogens is 2. The fourth-order valence-electron chi connectivity index (χ4n) is 3.47. The summed E-state index contributed by atoms with van der Waals surface area (Å²) in [5.41, 5.74) is 1.02.